The number of aromatic nitrogens is 1. The van der Waals surface area contributed by atoms with Gasteiger partial charge in [-0.1, -0.05) is 0 Å². The van der Waals surface area contributed by atoms with E-state index >= 15 is 0 Å². The second kappa shape index (κ2) is 7.13. The molecule has 2 N–H and O–H groups in total. The minimum atomic E-state index is -0.443. The van der Waals surface area contributed by atoms with Crippen LogP contribution in [0.5, 0.6) is 0 Å². The number of hydrogen-bond acceptors (Lipinski definition) is 5. The fourth-order valence-corrected chi connectivity index (χ4v) is 1.95. The smallest absolute Gasteiger partial charge is 0.287 e. The van der Waals surface area contributed by atoms with Crippen LogP contribution in [0.1, 0.15) is 12.8 Å². The van der Waals surface area contributed by atoms with E-state index in [-0.39, 0.29) is 18.1 Å². The number of anilines is 1. The van der Waals surface area contributed by atoms with E-state index in [1.165, 1.54) is 25.1 Å². The molecule has 100 valence electrons. The molecule has 1 fully saturated rings. The van der Waals surface area contributed by atoms with Crippen LogP contribution < -0.4 is 10.6 Å². The number of hydrogen-bond donors (Lipinski definition) is 2. The standard InChI is InChI=1S/C11H16N4O2.ClH/c16-15(17)10-3-4-11(14-8-10)13-7-9-2-1-5-12-6-9;/h3-4,8-9,12H,1-2,5-7H2,(H,13,14);1H. The van der Waals surface area contributed by atoms with E-state index in [2.05, 4.69) is 15.6 Å². The van der Waals surface area contributed by atoms with Crippen molar-refractivity contribution < 1.29 is 4.92 Å². The predicted octanol–water partition coefficient (Wildman–Crippen LogP) is 1.82. The first-order chi connectivity index (χ1) is 8.25. The van der Waals surface area contributed by atoms with Crippen LogP contribution in [0.4, 0.5) is 11.5 Å². The zero-order valence-corrected chi connectivity index (χ0v) is 10.8. The molecule has 0 radical (unpaired) electrons. The molecule has 0 bridgehead atoms. The van der Waals surface area contributed by atoms with Gasteiger partial charge in [0.15, 0.2) is 0 Å². The van der Waals surface area contributed by atoms with Crippen LogP contribution in [0.25, 0.3) is 0 Å². The van der Waals surface area contributed by atoms with Gasteiger partial charge in [0.2, 0.25) is 0 Å². The van der Waals surface area contributed by atoms with Crippen molar-refractivity contribution in [2.24, 2.45) is 5.92 Å². The Balaban J connectivity index is 0.00000162. The van der Waals surface area contributed by atoms with E-state index in [1.54, 1.807) is 6.07 Å². The van der Waals surface area contributed by atoms with Crippen molar-refractivity contribution >= 4 is 23.9 Å². The topological polar surface area (TPSA) is 80.1 Å². The molecule has 1 unspecified atom stereocenters. The molecule has 7 heteroatoms. The van der Waals surface area contributed by atoms with Crippen LogP contribution in [0.3, 0.4) is 0 Å². The van der Waals surface area contributed by atoms with Gasteiger partial charge in [0.25, 0.3) is 5.69 Å². The fraction of sp³-hybridized carbons (Fsp3) is 0.545. The molecule has 1 aliphatic rings. The highest BCUT2D eigenvalue weighted by molar-refractivity contribution is 5.85. The van der Waals surface area contributed by atoms with Gasteiger partial charge in [-0.15, -0.1) is 12.4 Å². The molecule has 1 aromatic rings. The monoisotopic (exact) mass is 272 g/mol. The van der Waals surface area contributed by atoms with Gasteiger partial charge in [-0.2, -0.15) is 0 Å². The van der Waals surface area contributed by atoms with Gasteiger partial charge >= 0.3 is 0 Å². The number of halogens is 1. The molecular formula is C11H17ClN4O2. The number of nitrogens with one attached hydrogen (secondary N) is 2. The molecule has 0 spiro atoms. The van der Waals surface area contributed by atoms with Crippen LogP contribution in [0, 0.1) is 16.0 Å². The molecule has 18 heavy (non-hydrogen) atoms. The van der Waals surface area contributed by atoms with Gasteiger partial charge in [-0.3, -0.25) is 10.1 Å². The minimum absolute atomic E-state index is 0. The number of rotatable bonds is 4. The molecule has 1 aromatic heterocycles. The van der Waals surface area contributed by atoms with Crippen LogP contribution in [0.2, 0.25) is 0 Å². The maximum atomic E-state index is 10.5. The quantitative estimate of drug-likeness (QED) is 0.646. The highest BCUT2D eigenvalue weighted by Gasteiger charge is 2.12. The van der Waals surface area contributed by atoms with E-state index in [0.29, 0.717) is 11.7 Å². The summed E-state index contributed by atoms with van der Waals surface area (Å²) >= 11 is 0. The molecule has 1 saturated heterocycles. The van der Waals surface area contributed by atoms with Gasteiger partial charge in [-0.25, -0.2) is 4.98 Å². The van der Waals surface area contributed by atoms with Crippen LogP contribution in [-0.4, -0.2) is 29.5 Å². The largest absolute Gasteiger partial charge is 0.370 e. The lowest BCUT2D eigenvalue weighted by atomic mass is 10.00. The Morgan fingerprint density at radius 3 is 2.94 bits per heavy atom. The molecule has 0 saturated carbocycles. The van der Waals surface area contributed by atoms with Crippen molar-refractivity contribution in [2.75, 3.05) is 25.0 Å². The molecule has 2 rings (SSSR count). The van der Waals surface area contributed by atoms with E-state index in [9.17, 15) is 10.1 Å². The Hall–Kier alpha value is -1.40. The Bertz CT molecular complexity index is 379. The number of nitro groups is 1. The van der Waals surface area contributed by atoms with Crippen LogP contribution >= 0.6 is 12.4 Å². The highest BCUT2D eigenvalue weighted by atomic mass is 35.5. The summed E-state index contributed by atoms with van der Waals surface area (Å²) in [7, 11) is 0. The molecule has 0 aliphatic carbocycles. The van der Waals surface area contributed by atoms with Crippen molar-refractivity contribution in [2.45, 2.75) is 12.8 Å². The van der Waals surface area contributed by atoms with E-state index < -0.39 is 4.92 Å². The Morgan fingerprint density at radius 2 is 2.39 bits per heavy atom. The first-order valence-electron chi connectivity index (χ1n) is 5.81. The fourth-order valence-electron chi connectivity index (χ4n) is 1.95. The van der Waals surface area contributed by atoms with Crippen LogP contribution in [-0.2, 0) is 0 Å². The Kier molecular flexibility index (Phi) is 5.80. The van der Waals surface area contributed by atoms with Crippen molar-refractivity contribution in [1.82, 2.24) is 10.3 Å². The average molecular weight is 273 g/mol. The molecule has 6 nitrogen and oxygen atoms in total. The van der Waals surface area contributed by atoms with Gasteiger partial charge in [0.1, 0.15) is 12.0 Å². The lowest BCUT2D eigenvalue weighted by Gasteiger charge is -2.22. The molecule has 2 heterocycles. The highest BCUT2D eigenvalue weighted by Crippen LogP contribution is 2.14. The minimum Gasteiger partial charge on any atom is -0.370 e. The van der Waals surface area contributed by atoms with Crippen molar-refractivity contribution in [3.8, 4) is 0 Å². The van der Waals surface area contributed by atoms with Crippen molar-refractivity contribution in [1.29, 1.82) is 0 Å². The van der Waals surface area contributed by atoms with Gasteiger partial charge in [-0.05, 0) is 37.9 Å². The summed E-state index contributed by atoms with van der Waals surface area (Å²) in [6.45, 7) is 2.99. The summed E-state index contributed by atoms with van der Waals surface area (Å²) in [6, 6.07) is 3.11. The van der Waals surface area contributed by atoms with Crippen LogP contribution in [0.15, 0.2) is 18.3 Å². The summed E-state index contributed by atoms with van der Waals surface area (Å²) in [5, 5.41) is 17.0. The zero-order valence-electron chi connectivity index (χ0n) is 9.96. The summed E-state index contributed by atoms with van der Waals surface area (Å²) < 4.78 is 0. The van der Waals surface area contributed by atoms with Crippen molar-refractivity contribution in [3.05, 3.63) is 28.4 Å². The van der Waals surface area contributed by atoms with E-state index in [4.69, 9.17) is 0 Å². The molecule has 0 aromatic carbocycles. The van der Waals surface area contributed by atoms with E-state index in [1.807, 2.05) is 0 Å². The second-order valence-corrected chi connectivity index (χ2v) is 4.25. The number of pyridine rings is 1. The first kappa shape index (κ1) is 14.7. The maximum Gasteiger partial charge on any atom is 0.287 e. The second-order valence-electron chi connectivity index (χ2n) is 4.25. The summed E-state index contributed by atoms with van der Waals surface area (Å²) in [5.41, 5.74) is 0.0230. The lowest BCUT2D eigenvalue weighted by molar-refractivity contribution is -0.385. The summed E-state index contributed by atoms with van der Waals surface area (Å²) in [4.78, 5) is 14.0. The number of nitrogens with zero attached hydrogens (tertiary/aromatic N) is 2. The van der Waals surface area contributed by atoms with E-state index in [0.717, 1.165) is 19.6 Å². The SMILES string of the molecule is Cl.O=[N+]([O-])c1ccc(NCC2CCCNC2)nc1. The first-order valence-corrected chi connectivity index (χ1v) is 5.81. The third kappa shape index (κ3) is 4.12. The molecule has 1 aliphatic heterocycles. The predicted molar refractivity (Wildman–Crippen MR) is 72.2 cm³/mol. The third-order valence-corrected chi connectivity index (χ3v) is 2.93. The summed E-state index contributed by atoms with van der Waals surface area (Å²) in [6.07, 6.45) is 3.70. The molecule has 0 amide bonds. The maximum absolute atomic E-state index is 10.5. The molecule has 1 atom stereocenters. The molecular weight excluding hydrogens is 256 g/mol. The Morgan fingerprint density at radius 1 is 1.56 bits per heavy atom. The normalized spacial score (nSPS) is 18.8. The van der Waals surface area contributed by atoms with Crippen molar-refractivity contribution in [3.63, 3.8) is 0 Å². The van der Waals surface area contributed by atoms with Gasteiger partial charge in [0, 0.05) is 12.6 Å². The van der Waals surface area contributed by atoms with Gasteiger partial charge < -0.3 is 10.6 Å². The average Bonchev–Trinajstić information content (AvgIpc) is 2.38. The van der Waals surface area contributed by atoms with Gasteiger partial charge in [0.05, 0.1) is 4.92 Å². The third-order valence-electron chi connectivity index (χ3n) is 2.93. The summed E-state index contributed by atoms with van der Waals surface area (Å²) in [5.74, 6) is 1.31. The number of piperidine rings is 1. The lowest BCUT2D eigenvalue weighted by Crippen LogP contribution is -2.33. The zero-order chi connectivity index (χ0) is 12.1. The Labute approximate surface area is 112 Å².